The van der Waals surface area contributed by atoms with E-state index in [9.17, 15) is 0 Å². The van der Waals surface area contributed by atoms with Crippen molar-refractivity contribution >= 4 is 17.7 Å². The van der Waals surface area contributed by atoms with Crippen LogP contribution in [0.4, 0.5) is 0 Å². The van der Waals surface area contributed by atoms with Crippen LogP contribution in [-0.2, 0) is 0 Å². The zero-order chi connectivity index (χ0) is 11.7. The summed E-state index contributed by atoms with van der Waals surface area (Å²) in [6.45, 7) is 14.0. The van der Waals surface area contributed by atoms with Gasteiger partial charge in [-0.2, -0.15) is 0 Å². The van der Waals surface area contributed by atoms with E-state index in [1.807, 2.05) is 0 Å². The van der Waals surface area contributed by atoms with Gasteiger partial charge in [-0.1, -0.05) is 41.5 Å². The molecule has 0 aromatic heterocycles. The maximum atomic E-state index is 4.62. The van der Waals surface area contributed by atoms with E-state index in [0.717, 1.165) is 0 Å². The van der Waals surface area contributed by atoms with Crippen LogP contribution in [0.1, 0.15) is 54.4 Å². The molecule has 0 aromatic rings. The number of rotatable bonds is 2. The van der Waals surface area contributed by atoms with Gasteiger partial charge in [-0.05, 0) is 35.6 Å². The van der Waals surface area contributed by atoms with Crippen molar-refractivity contribution in [2.45, 2.75) is 54.4 Å². The molecule has 0 amide bonds. The van der Waals surface area contributed by atoms with Crippen LogP contribution in [0.25, 0.3) is 0 Å². The first kappa shape index (κ1) is 13.1. The van der Waals surface area contributed by atoms with Gasteiger partial charge in [0.1, 0.15) is 0 Å². The van der Waals surface area contributed by atoms with E-state index in [0.29, 0.717) is 16.7 Å². The van der Waals surface area contributed by atoms with Gasteiger partial charge in [0, 0.05) is 17.4 Å². The molecule has 1 aliphatic rings. The highest BCUT2D eigenvalue weighted by Crippen LogP contribution is 2.39. The quantitative estimate of drug-likeness (QED) is 0.629. The molecule has 1 heterocycles. The van der Waals surface area contributed by atoms with Crippen molar-refractivity contribution in [3.05, 3.63) is 0 Å². The first-order valence-corrected chi connectivity index (χ1v) is 6.83. The third-order valence-electron chi connectivity index (χ3n) is 2.90. The average molecular weight is 227 g/mol. The second kappa shape index (κ2) is 4.48. The Labute approximate surface area is 99.3 Å². The fourth-order valence-corrected chi connectivity index (χ4v) is 2.87. The fraction of sp³-hybridized carbons (Fsp3) is 0.923. The van der Waals surface area contributed by atoms with E-state index in [-0.39, 0.29) is 0 Å². The molecule has 1 rings (SSSR count). The molecule has 0 saturated heterocycles. The van der Waals surface area contributed by atoms with Crippen molar-refractivity contribution < 1.29 is 0 Å². The Morgan fingerprint density at radius 3 is 2.13 bits per heavy atom. The Balaban J connectivity index is 2.79. The van der Waals surface area contributed by atoms with Crippen molar-refractivity contribution in [3.63, 3.8) is 0 Å². The number of nitrogens with zero attached hydrogens (tertiary/aromatic N) is 1. The third-order valence-corrected chi connectivity index (χ3v) is 3.65. The van der Waals surface area contributed by atoms with E-state index in [4.69, 9.17) is 0 Å². The Hall–Kier alpha value is 0.0200. The van der Waals surface area contributed by atoms with Gasteiger partial charge < -0.3 is 0 Å². The summed E-state index contributed by atoms with van der Waals surface area (Å²) in [6.07, 6.45) is 2.44. The average Bonchev–Trinajstić information content (AvgIpc) is 2.47. The van der Waals surface area contributed by atoms with Gasteiger partial charge in [-0.3, -0.25) is 0 Å². The number of hydrogen-bond donors (Lipinski definition) is 0. The maximum Gasteiger partial charge on any atom is 0.0307 e. The monoisotopic (exact) mass is 227 g/mol. The maximum absolute atomic E-state index is 4.62. The molecule has 15 heavy (non-hydrogen) atoms. The molecule has 0 radical (unpaired) electrons. The standard InChI is InChI=1S/C13H25NS/c1-12(2,3)9-10(13(4,5)6)11-7-8-15-14-11/h10H,7-9H2,1-6H3. The van der Waals surface area contributed by atoms with Crippen molar-refractivity contribution in [2.75, 3.05) is 5.75 Å². The van der Waals surface area contributed by atoms with Gasteiger partial charge in [-0.15, -0.1) is 0 Å². The summed E-state index contributed by atoms with van der Waals surface area (Å²) in [6, 6.07) is 0. The molecule has 0 saturated carbocycles. The second-order valence-electron chi connectivity index (χ2n) is 6.85. The zero-order valence-electron chi connectivity index (χ0n) is 11.1. The summed E-state index contributed by atoms with van der Waals surface area (Å²) >= 11 is 1.74. The van der Waals surface area contributed by atoms with Crippen LogP contribution in [0.2, 0.25) is 0 Å². The summed E-state index contributed by atoms with van der Waals surface area (Å²) in [5, 5.41) is 0. The Bertz CT molecular complexity index is 242. The van der Waals surface area contributed by atoms with Crippen LogP contribution in [0, 0.1) is 16.7 Å². The molecule has 1 unspecified atom stereocenters. The predicted molar refractivity (Wildman–Crippen MR) is 71.5 cm³/mol. The van der Waals surface area contributed by atoms with Crippen LogP contribution < -0.4 is 0 Å². The topological polar surface area (TPSA) is 12.4 Å². The second-order valence-corrected chi connectivity index (χ2v) is 7.70. The Morgan fingerprint density at radius 1 is 1.20 bits per heavy atom. The van der Waals surface area contributed by atoms with E-state index in [2.05, 4.69) is 45.9 Å². The van der Waals surface area contributed by atoms with Crippen LogP contribution in [0.5, 0.6) is 0 Å². The zero-order valence-corrected chi connectivity index (χ0v) is 11.9. The summed E-state index contributed by atoms with van der Waals surface area (Å²) < 4.78 is 4.62. The Kier molecular flexibility index (Phi) is 3.91. The van der Waals surface area contributed by atoms with Gasteiger partial charge in [0.2, 0.25) is 0 Å². The lowest BCUT2D eigenvalue weighted by atomic mass is 9.69. The van der Waals surface area contributed by atoms with Crippen LogP contribution in [-0.4, -0.2) is 11.5 Å². The highest BCUT2D eigenvalue weighted by molar-refractivity contribution is 7.98. The van der Waals surface area contributed by atoms with Gasteiger partial charge in [0.25, 0.3) is 0 Å². The molecule has 0 spiro atoms. The first-order valence-electron chi connectivity index (χ1n) is 5.89. The molecule has 0 N–H and O–H groups in total. The molecule has 0 aliphatic carbocycles. The molecule has 1 aliphatic heterocycles. The normalized spacial score (nSPS) is 20.3. The summed E-state index contributed by atoms with van der Waals surface area (Å²) in [4.78, 5) is 0. The first-order chi connectivity index (χ1) is 6.70. The van der Waals surface area contributed by atoms with Crippen LogP contribution >= 0.6 is 11.9 Å². The highest BCUT2D eigenvalue weighted by atomic mass is 32.2. The molecule has 2 heteroatoms. The molecule has 0 bridgehead atoms. The molecular formula is C13H25NS. The van der Waals surface area contributed by atoms with Crippen molar-refractivity contribution in [2.24, 2.45) is 21.1 Å². The van der Waals surface area contributed by atoms with Gasteiger partial charge in [0.15, 0.2) is 0 Å². The minimum absolute atomic E-state index is 0.344. The summed E-state index contributed by atoms with van der Waals surface area (Å²) in [5.74, 6) is 1.83. The van der Waals surface area contributed by atoms with E-state index in [1.54, 1.807) is 11.9 Å². The van der Waals surface area contributed by atoms with Gasteiger partial charge in [-0.25, -0.2) is 4.40 Å². The molecule has 1 atom stereocenters. The van der Waals surface area contributed by atoms with E-state index >= 15 is 0 Å². The molecular weight excluding hydrogens is 202 g/mol. The van der Waals surface area contributed by atoms with Crippen LogP contribution in [0.3, 0.4) is 0 Å². The minimum Gasteiger partial charge on any atom is -0.225 e. The molecule has 0 aromatic carbocycles. The lowest BCUT2D eigenvalue weighted by molar-refractivity contribution is 0.221. The smallest absolute Gasteiger partial charge is 0.0307 e. The van der Waals surface area contributed by atoms with Crippen LogP contribution in [0.15, 0.2) is 4.40 Å². The number of hydrogen-bond acceptors (Lipinski definition) is 2. The van der Waals surface area contributed by atoms with E-state index in [1.165, 1.54) is 24.3 Å². The summed E-state index contributed by atoms with van der Waals surface area (Å²) in [7, 11) is 0. The molecule has 88 valence electrons. The fourth-order valence-electron chi connectivity index (χ4n) is 2.10. The lowest BCUT2D eigenvalue weighted by Gasteiger charge is -2.35. The van der Waals surface area contributed by atoms with Crippen molar-refractivity contribution in [3.8, 4) is 0 Å². The van der Waals surface area contributed by atoms with Gasteiger partial charge in [0.05, 0.1) is 0 Å². The molecule has 0 fully saturated rings. The van der Waals surface area contributed by atoms with Gasteiger partial charge >= 0.3 is 0 Å². The summed E-state index contributed by atoms with van der Waals surface area (Å²) in [5.41, 5.74) is 2.19. The van der Waals surface area contributed by atoms with E-state index < -0.39 is 0 Å². The predicted octanol–water partition coefficient (Wildman–Crippen LogP) is 4.58. The molecule has 1 nitrogen and oxygen atoms in total. The third kappa shape index (κ3) is 4.18. The van der Waals surface area contributed by atoms with Crippen molar-refractivity contribution in [1.29, 1.82) is 0 Å². The highest BCUT2D eigenvalue weighted by Gasteiger charge is 2.33. The van der Waals surface area contributed by atoms with Crippen molar-refractivity contribution in [1.82, 2.24) is 0 Å². The largest absolute Gasteiger partial charge is 0.225 e. The minimum atomic E-state index is 0.344. The SMILES string of the molecule is CC(C)(C)CC(C1=NSCC1)C(C)(C)C. The Morgan fingerprint density at radius 2 is 1.80 bits per heavy atom. The lowest BCUT2D eigenvalue weighted by Crippen LogP contribution is -2.31.